The third-order valence-electron chi connectivity index (χ3n) is 3.07. The van der Waals surface area contributed by atoms with Crippen LogP contribution >= 0.6 is 0 Å². The normalized spacial score (nSPS) is 13.7. The molecule has 0 bridgehead atoms. The summed E-state index contributed by atoms with van der Waals surface area (Å²) in [7, 11) is 0. The van der Waals surface area contributed by atoms with Gasteiger partial charge in [-0.05, 0) is 6.42 Å². The van der Waals surface area contributed by atoms with E-state index in [1.54, 1.807) is 6.20 Å². The molecule has 0 saturated carbocycles. The van der Waals surface area contributed by atoms with Crippen molar-refractivity contribution >= 4 is 17.9 Å². The third-order valence-corrected chi connectivity index (χ3v) is 3.07. The summed E-state index contributed by atoms with van der Waals surface area (Å²) in [5.74, 6) is -0.623. The van der Waals surface area contributed by atoms with Gasteiger partial charge in [-0.25, -0.2) is 9.78 Å². The summed E-state index contributed by atoms with van der Waals surface area (Å²) in [6.45, 7) is 1.52. The minimum atomic E-state index is -0.952. The van der Waals surface area contributed by atoms with Crippen molar-refractivity contribution in [3.8, 4) is 0 Å². The summed E-state index contributed by atoms with van der Waals surface area (Å²) in [4.78, 5) is 39.3. The van der Waals surface area contributed by atoms with Crippen LogP contribution in [0, 0.1) is 0 Å². The second-order valence-corrected chi connectivity index (χ2v) is 4.56. The number of aliphatic carboxylic acids is 1. The maximum Gasteiger partial charge on any atom is 0.324 e. The molecule has 0 aromatic carbocycles. The molecule has 0 radical (unpaired) electrons. The van der Waals surface area contributed by atoms with Crippen LogP contribution < -0.4 is 5.32 Å². The predicted molar refractivity (Wildman–Crippen MR) is 67.7 cm³/mol. The Balaban J connectivity index is 1.78. The summed E-state index contributed by atoms with van der Waals surface area (Å²) in [5.41, 5.74) is 0. The van der Waals surface area contributed by atoms with E-state index >= 15 is 0 Å². The molecule has 8 nitrogen and oxygen atoms in total. The van der Waals surface area contributed by atoms with E-state index in [-0.39, 0.29) is 19.3 Å². The number of carbonyl (C=O) groups excluding carboxylic acids is 2. The van der Waals surface area contributed by atoms with E-state index in [4.69, 9.17) is 5.11 Å². The van der Waals surface area contributed by atoms with Gasteiger partial charge in [-0.3, -0.25) is 14.9 Å². The van der Waals surface area contributed by atoms with E-state index in [2.05, 4.69) is 10.3 Å². The Hall–Kier alpha value is -2.38. The SMILES string of the molecule is O=C(O)CCCC(=O)NC(=O)N1CCn2ccnc2C1. The molecule has 0 spiro atoms. The molecule has 2 rings (SSSR count). The lowest BCUT2D eigenvalue weighted by Crippen LogP contribution is -2.46. The van der Waals surface area contributed by atoms with Gasteiger partial charge < -0.3 is 14.6 Å². The van der Waals surface area contributed by atoms with Crippen LogP contribution in [0.5, 0.6) is 0 Å². The van der Waals surface area contributed by atoms with Crippen molar-refractivity contribution < 1.29 is 19.5 Å². The lowest BCUT2D eigenvalue weighted by molar-refractivity contribution is -0.137. The van der Waals surface area contributed by atoms with Gasteiger partial charge >= 0.3 is 12.0 Å². The lowest BCUT2D eigenvalue weighted by atomic mass is 10.2. The first-order chi connectivity index (χ1) is 9.56. The van der Waals surface area contributed by atoms with Crippen LogP contribution in [0.4, 0.5) is 4.79 Å². The molecule has 20 heavy (non-hydrogen) atoms. The number of hydrogen-bond donors (Lipinski definition) is 2. The maximum atomic E-state index is 11.9. The number of rotatable bonds is 4. The van der Waals surface area contributed by atoms with E-state index in [1.807, 2.05) is 10.8 Å². The molecule has 0 atom stereocenters. The highest BCUT2D eigenvalue weighted by atomic mass is 16.4. The van der Waals surface area contributed by atoms with Crippen molar-refractivity contribution in [2.75, 3.05) is 6.54 Å². The zero-order chi connectivity index (χ0) is 14.5. The second-order valence-electron chi connectivity index (χ2n) is 4.56. The van der Waals surface area contributed by atoms with Gasteiger partial charge in [-0.2, -0.15) is 0 Å². The minimum absolute atomic E-state index is 0.0283. The fraction of sp³-hybridized carbons (Fsp3) is 0.500. The fourth-order valence-electron chi connectivity index (χ4n) is 2.01. The van der Waals surface area contributed by atoms with E-state index in [9.17, 15) is 14.4 Å². The van der Waals surface area contributed by atoms with Crippen LogP contribution in [0.2, 0.25) is 0 Å². The molecule has 2 N–H and O–H groups in total. The number of fused-ring (bicyclic) bond motifs is 1. The average Bonchev–Trinajstić information content (AvgIpc) is 2.85. The molecule has 0 saturated heterocycles. The number of urea groups is 1. The Morgan fingerprint density at radius 3 is 2.85 bits per heavy atom. The number of nitrogens with one attached hydrogen (secondary N) is 1. The van der Waals surface area contributed by atoms with Gasteiger partial charge in [0.15, 0.2) is 0 Å². The molecule has 0 fully saturated rings. The molecular formula is C12H16N4O4. The number of carbonyl (C=O) groups is 3. The van der Waals surface area contributed by atoms with Crippen LogP contribution in [0.15, 0.2) is 12.4 Å². The number of hydrogen-bond acceptors (Lipinski definition) is 4. The van der Waals surface area contributed by atoms with E-state index < -0.39 is 17.9 Å². The lowest BCUT2D eigenvalue weighted by Gasteiger charge is -2.27. The van der Waals surface area contributed by atoms with Gasteiger partial charge in [0.1, 0.15) is 5.82 Å². The maximum absolute atomic E-state index is 11.9. The summed E-state index contributed by atoms with van der Waals surface area (Å²) in [5, 5.41) is 10.7. The summed E-state index contributed by atoms with van der Waals surface area (Å²) < 4.78 is 1.96. The van der Waals surface area contributed by atoms with Gasteiger partial charge in [0.2, 0.25) is 5.91 Å². The summed E-state index contributed by atoms with van der Waals surface area (Å²) in [6, 6.07) is -0.459. The molecule has 1 aromatic heterocycles. The predicted octanol–water partition coefficient (Wildman–Crippen LogP) is 0.190. The molecule has 108 valence electrons. The molecule has 0 unspecified atom stereocenters. The molecule has 1 aromatic rings. The van der Waals surface area contributed by atoms with Crippen LogP contribution in [-0.2, 0) is 22.7 Å². The number of carboxylic acid groups (broad SMARTS) is 1. The van der Waals surface area contributed by atoms with E-state index in [0.717, 1.165) is 5.82 Å². The molecular weight excluding hydrogens is 264 g/mol. The number of aromatic nitrogens is 2. The molecule has 1 aliphatic rings. The number of amides is 3. The van der Waals surface area contributed by atoms with Gasteiger partial charge in [0, 0.05) is 38.3 Å². The van der Waals surface area contributed by atoms with Crippen LogP contribution in [-0.4, -0.2) is 44.0 Å². The Morgan fingerprint density at radius 2 is 2.10 bits per heavy atom. The molecule has 8 heteroatoms. The second kappa shape index (κ2) is 6.18. The summed E-state index contributed by atoms with van der Waals surface area (Å²) in [6.07, 6.45) is 3.69. The largest absolute Gasteiger partial charge is 0.481 e. The number of imide groups is 1. The Kier molecular flexibility index (Phi) is 4.34. The highest BCUT2D eigenvalue weighted by molar-refractivity contribution is 5.94. The highest BCUT2D eigenvalue weighted by Crippen LogP contribution is 2.10. The Labute approximate surface area is 115 Å². The van der Waals surface area contributed by atoms with Crippen LogP contribution in [0.1, 0.15) is 25.1 Å². The molecule has 3 amide bonds. The van der Waals surface area contributed by atoms with Gasteiger partial charge in [-0.1, -0.05) is 0 Å². The number of carboxylic acids is 1. The smallest absolute Gasteiger partial charge is 0.324 e. The quantitative estimate of drug-likeness (QED) is 0.819. The fourth-order valence-corrected chi connectivity index (χ4v) is 2.01. The molecule has 1 aliphatic heterocycles. The zero-order valence-corrected chi connectivity index (χ0v) is 10.9. The Morgan fingerprint density at radius 1 is 1.30 bits per heavy atom. The van der Waals surface area contributed by atoms with Gasteiger partial charge in [0.25, 0.3) is 0 Å². The minimum Gasteiger partial charge on any atom is -0.481 e. The van der Waals surface area contributed by atoms with Crippen molar-refractivity contribution in [1.82, 2.24) is 19.8 Å². The molecule has 0 aliphatic carbocycles. The Bertz CT molecular complexity index is 525. The van der Waals surface area contributed by atoms with Gasteiger partial charge in [0.05, 0.1) is 6.54 Å². The number of imidazole rings is 1. The van der Waals surface area contributed by atoms with Crippen molar-refractivity contribution in [1.29, 1.82) is 0 Å². The first-order valence-corrected chi connectivity index (χ1v) is 6.37. The monoisotopic (exact) mass is 280 g/mol. The zero-order valence-electron chi connectivity index (χ0n) is 10.9. The summed E-state index contributed by atoms with van der Waals surface area (Å²) >= 11 is 0. The van der Waals surface area contributed by atoms with Crippen molar-refractivity contribution in [3.63, 3.8) is 0 Å². The standard InChI is InChI=1S/C12H16N4O4/c17-10(2-1-3-11(18)19)14-12(20)16-7-6-15-5-4-13-9(15)8-16/h4-5H,1-3,6-8H2,(H,18,19)(H,14,17,20). The van der Waals surface area contributed by atoms with E-state index in [1.165, 1.54) is 4.90 Å². The van der Waals surface area contributed by atoms with Crippen molar-refractivity contribution in [2.24, 2.45) is 0 Å². The van der Waals surface area contributed by atoms with Crippen LogP contribution in [0.25, 0.3) is 0 Å². The third kappa shape index (κ3) is 3.56. The first-order valence-electron chi connectivity index (χ1n) is 6.37. The first kappa shape index (κ1) is 14.0. The highest BCUT2D eigenvalue weighted by Gasteiger charge is 2.22. The van der Waals surface area contributed by atoms with Crippen molar-refractivity contribution in [3.05, 3.63) is 18.2 Å². The van der Waals surface area contributed by atoms with Gasteiger partial charge in [-0.15, -0.1) is 0 Å². The van der Waals surface area contributed by atoms with E-state index in [0.29, 0.717) is 19.6 Å². The van der Waals surface area contributed by atoms with Crippen molar-refractivity contribution in [2.45, 2.75) is 32.4 Å². The van der Waals surface area contributed by atoms with Crippen LogP contribution in [0.3, 0.4) is 0 Å². The topological polar surface area (TPSA) is 105 Å². The molecule has 2 heterocycles. The average molecular weight is 280 g/mol. The number of nitrogens with zero attached hydrogens (tertiary/aromatic N) is 3.